The van der Waals surface area contributed by atoms with Crippen LogP contribution in [0.3, 0.4) is 0 Å². The highest BCUT2D eigenvalue weighted by Gasteiger charge is 2.46. The van der Waals surface area contributed by atoms with Gasteiger partial charge in [0.05, 0.1) is 11.2 Å². The van der Waals surface area contributed by atoms with Crippen molar-refractivity contribution in [1.29, 1.82) is 0 Å². The van der Waals surface area contributed by atoms with E-state index >= 15 is 0 Å². The Kier molecular flexibility index (Phi) is 7.36. The zero-order chi connectivity index (χ0) is 30.1. The fourth-order valence-corrected chi connectivity index (χ4v) is 4.71. The highest BCUT2D eigenvalue weighted by Crippen LogP contribution is 2.31. The van der Waals surface area contributed by atoms with E-state index in [9.17, 15) is 18.8 Å². The average Bonchev–Trinajstić information content (AvgIpc) is 3.81. The number of carbonyl (C=O) groups excluding carboxylic acids is 3. The zero-order valence-electron chi connectivity index (χ0n) is 22.6. The van der Waals surface area contributed by atoms with E-state index in [4.69, 9.17) is 31.8 Å². The maximum atomic E-state index is 13.5. The third kappa shape index (κ3) is 5.95. The molecule has 0 spiro atoms. The Morgan fingerprint density at radius 2 is 1.60 bits per heavy atom. The molecule has 3 heterocycles. The highest BCUT2D eigenvalue weighted by molar-refractivity contribution is 6.30. The molecule has 2 aliphatic rings. The number of anilines is 1. The van der Waals surface area contributed by atoms with E-state index in [2.05, 4.69) is 9.97 Å². The van der Waals surface area contributed by atoms with Gasteiger partial charge >= 0.3 is 5.97 Å². The number of hydrogen-bond acceptors (Lipinski definition) is 9. The number of nitrogens with two attached hydrogens (primary N) is 1. The number of benzene rings is 2. The number of esters is 1. The number of nitrogens with zero attached hydrogens (tertiary/aromatic N) is 5. The summed E-state index contributed by atoms with van der Waals surface area (Å²) in [5, 5.41) is 0.569. The van der Waals surface area contributed by atoms with Gasteiger partial charge in [0.15, 0.2) is 12.4 Å². The number of aromatic nitrogens is 3. The molecule has 0 saturated carbocycles. The molecule has 4 aromatic rings. The van der Waals surface area contributed by atoms with Gasteiger partial charge in [-0.2, -0.15) is 0 Å². The second-order valence-corrected chi connectivity index (χ2v) is 10.4. The average molecular weight is 603 g/mol. The van der Waals surface area contributed by atoms with Crippen molar-refractivity contribution in [2.75, 3.05) is 37.7 Å². The minimum absolute atomic E-state index is 0.133. The monoisotopic (exact) mass is 602 g/mol. The number of rotatable bonds is 8. The van der Waals surface area contributed by atoms with Crippen molar-refractivity contribution in [3.63, 3.8) is 0 Å². The SMILES string of the molecule is NC(=O)C1(OC(=O)c2nc(N3CCN(C(=O)COc4ccc(Cl)cc4)CC3)c3nc(-c4ccc(F)cc4)ccc3n2)C=C1. The summed E-state index contributed by atoms with van der Waals surface area (Å²) in [5.41, 5.74) is 5.77. The van der Waals surface area contributed by atoms with Crippen LogP contribution in [0.5, 0.6) is 5.75 Å². The first-order chi connectivity index (χ1) is 20.7. The first-order valence-electron chi connectivity index (χ1n) is 13.3. The van der Waals surface area contributed by atoms with E-state index in [0.29, 0.717) is 65.1 Å². The van der Waals surface area contributed by atoms with Crippen LogP contribution in [0.15, 0.2) is 72.8 Å². The van der Waals surface area contributed by atoms with Crippen LogP contribution in [0.25, 0.3) is 22.3 Å². The molecule has 0 radical (unpaired) electrons. The summed E-state index contributed by atoms with van der Waals surface area (Å²) >= 11 is 5.90. The molecular formula is C30H24ClFN6O5. The molecule has 0 atom stereocenters. The maximum Gasteiger partial charge on any atom is 0.378 e. The van der Waals surface area contributed by atoms with Crippen molar-refractivity contribution in [2.24, 2.45) is 5.73 Å². The molecule has 2 aromatic heterocycles. The third-order valence-electron chi connectivity index (χ3n) is 7.07. The van der Waals surface area contributed by atoms with Crippen molar-refractivity contribution in [1.82, 2.24) is 19.9 Å². The minimum Gasteiger partial charge on any atom is -0.484 e. The number of primary amides is 1. The quantitative estimate of drug-likeness (QED) is 0.238. The second-order valence-electron chi connectivity index (χ2n) is 9.93. The Bertz CT molecular complexity index is 1750. The Hall–Kier alpha value is -5.10. The lowest BCUT2D eigenvalue weighted by atomic mass is 10.1. The number of hydrogen-bond donors (Lipinski definition) is 1. The minimum atomic E-state index is -1.58. The van der Waals surface area contributed by atoms with E-state index in [1.807, 2.05) is 4.90 Å². The first-order valence-corrected chi connectivity index (χ1v) is 13.7. The van der Waals surface area contributed by atoms with Gasteiger partial charge in [0, 0.05) is 36.8 Å². The van der Waals surface area contributed by atoms with Gasteiger partial charge in [-0.1, -0.05) is 11.6 Å². The molecule has 1 fully saturated rings. The summed E-state index contributed by atoms with van der Waals surface area (Å²) < 4.78 is 24.4. The summed E-state index contributed by atoms with van der Waals surface area (Å²) in [4.78, 5) is 54.8. The summed E-state index contributed by atoms with van der Waals surface area (Å²) in [6, 6.07) is 16.0. The van der Waals surface area contributed by atoms with Crippen LogP contribution in [0, 0.1) is 5.82 Å². The van der Waals surface area contributed by atoms with Crippen molar-refractivity contribution in [2.45, 2.75) is 5.60 Å². The van der Waals surface area contributed by atoms with Gasteiger partial charge in [0.2, 0.25) is 11.4 Å². The molecule has 2 N–H and O–H groups in total. The Balaban J connectivity index is 1.25. The topological polar surface area (TPSA) is 141 Å². The van der Waals surface area contributed by atoms with Gasteiger partial charge in [-0.25, -0.2) is 24.1 Å². The van der Waals surface area contributed by atoms with Gasteiger partial charge in [-0.15, -0.1) is 0 Å². The van der Waals surface area contributed by atoms with Crippen LogP contribution in [0.4, 0.5) is 10.2 Å². The molecule has 0 bridgehead atoms. The van der Waals surface area contributed by atoms with Crippen molar-refractivity contribution < 1.29 is 28.2 Å². The van der Waals surface area contributed by atoms with Crippen LogP contribution in [-0.4, -0.2) is 76.0 Å². The number of ether oxygens (including phenoxy) is 2. The largest absolute Gasteiger partial charge is 0.484 e. The fraction of sp³-hybridized carbons (Fsp3) is 0.200. The zero-order valence-corrected chi connectivity index (χ0v) is 23.3. The second kappa shape index (κ2) is 11.3. The van der Waals surface area contributed by atoms with E-state index < -0.39 is 17.5 Å². The van der Waals surface area contributed by atoms with Crippen molar-refractivity contribution >= 4 is 46.2 Å². The molecular weight excluding hydrogens is 579 g/mol. The Morgan fingerprint density at radius 3 is 2.26 bits per heavy atom. The number of piperazine rings is 1. The normalized spacial score (nSPS) is 15.3. The lowest BCUT2D eigenvalue weighted by Crippen LogP contribution is -2.50. The summed E-state index contributed by atoms with van der Waals surface area (Å²) in [6.07, 6.45) is 2.75. The standard InChI is InChI=1S/C30H24ClFN6O5/c31-19-3-7-21(8-4-19)42-17-24(39)37-13-15-38(16-14-37)27-25-23(10-9-22(34-25)18-1-5-20(32)6-2-18)35-26(36-27)28(40)43-30(11-12-30)29(33)41/h1-12H,13-17H2,(H2,33,41). The van der Waals surface area contributed by atoms with Crippen LogP contribution in [0.2, 0.25) is 5.02 Å². The molecule has 2 amide bonds. The molecule has 1 aliphatic heterocycles. The highest BCUT2D eigenvalue weighted by atomic mass is 35.5. The lowest BCUT2D eigenvalue weighted by Gasteiger charge is -2.35. The maximum absolute atomic E-state index is 13.5. The van der Waals surface area contributed by atoms with Gasteiger partial charge < -0.3 is 25.0 Å². The van der Waals surface area contributed by atoms with E-state index in [-0.39, 0.29) is 24.2 Å². The van der Waals surface area contributed by atoms with Gasteiger partial charge in [-0.05, 0) is 72.8 Å². The smallest absolute Gasteiger partial charge is 0.378 e. The van der Waals surface area contributed by atoms with Crippen LogP contribution >= 0.6 is 11.6 Å². The van der Waals surface area contributed by atoms with E-state index in [1.165, 1.54) is 24.3 Å². The number of pyridine rings is 1. The van der Waals surface area contributed by atoms with Gasteiger partial charge in [0.25, 0.3) is 11.8 Å². The summed E-state index contributed by atoms with van der Waals surface area (Å²) in [5.74, 6) is -1.70. The number of amides is 2. The molecule has 0 unspecified atom stereocenters. The van der Waals surface area contributed by atoms with Crippen molar-refractivity contribution in [3.8, 4) is 17.0 Å². The van der Waals surface area contributed by atoms with Gasteiger partial charge in [-0.3, -0.25) is 9.59 Å². The van der Waals surface area contributed by atoms with E-state index in [1.54, 1.807) is 53.4 Å². The number of halogens is 2. The predicted molar refractivity (Wildman–Crippen MR) is 155 cm³/mol. The Morgan fingerprint density at radius 1 is 0.907 bits per heavy atom. The summed E-state index contributed by atoms with van der Waals surface area (Å²) in [6.45, 7) is 1.35. The predicted octanol–water partition coefficient (Wildman–Crippen LogP) is 3.16. The van der Waals surface area contributed by atoms with E-state index in [0.717, 1.165) is 0 Å². The van der Waals surface area contributed by atoms with Crippen LogP contribution < -0.4 is 15.4 Å². The lowest BCUT2D eigenvalue weighted by molar-refractivity contribution is -0.133. The Labute approximate surface area is 249 Å². The first kappa shape index (κ1) is 28.0. The van der Waals surface area contributed by atoms with Crippen molar-refractivity contribution in [3.05, 3.63) is 89.5 Å². The number of fused-ring (bicyclic) bond motifs is 1. The number of carbonyl (C=O) groups is 3. The van der Waals surface area contributed by atoms with Crippen LogP contribution in [-0.2, 0) is 14.3 Å². The molecule has 1 aliphatic carbocycles. The fourth-order valence-electron chi connectivity index (χ4n) is 4.58. The molecule has 43 heavy (non-hydrogen) atoms. The molecule has 218 valence electrons. The molecule has 6 rings (SSSR count). The van der Waals surface area contributed by atoms with Gasteiger partial charge in [0.1, 0.15) is 17.1 Å². The molecule has 1 saturated heterocycles. The molecule has 13 heteroatoms. The van der Waals surface area contributed by atoms with Crippen LogP contribution in [0.1, 0.15) is 10.6 Å². The third-order valence-corrected chi connectivity index (χ3v) is 7.32. The molecule has 2 aromatic carbocycles. The summed E-state index contributed by atoms with van der Waals surface area (Å²) in [7, 11) is 0. The molecule has 11 nitrogen and oxygen atoms in total.